The predicted molar refractivity (Wildman–Crippen MR) is 79.4 cm³/mol. The molecule has 0 radical (unpaired) electrons. The third-order valence-corrected chi connectivity index (χ3v) is 4.03. The number of piperidine rings is 1. The Morgan fingerprint density at radius 2 is 2.30 bits per heavy atom. The van der Waals surface area contributed by atoms with Crippen molar-refractivity contribution >= 4 is 11.7 Å². The van der Waals surface area contributed by atoms with Crippen molar-refractivity contribution in [2.45, 2.75) is 33.2 Å². The van der Waals surface area contributed by atoms with Crippen molar-refractivity contribution in [2.75, 3.05) is 25.0 Å². The number of aryl methyl sites for hydroxylation is 2. The van der Waals surface area contributed by atoms with Gasteiger partial charge < -0.3 is 11.1 Å². The maximum Gasteiger partial charge on any atom is 0.239 e. The lowest BCUT2D eigenvalue weighted by molar-refractivity contribution is -0.118. The summed E-state index contributed by atoms with van der Waals surface area (Å²) in [6.45, 7) is 8.36. The normalized spacial score (nSPS) is 22.8. The average Bonchev–Trinajstić information content (AvgIpc) is 2.62. The Morgan fingerprint density at radius 1 is 1.60 bits per heavy atom. The van der Waals surface area contributed by atoms with Crippen molar-refractivity contribution in [3.63, 3.8) is 0 Å². The second-order valence-corrected chi connectivity index (χ2v) is 6.44. The lowest BCUT2D eigenvalue weighted by Crippen LogP contribution is -2.53. The van der Waals surface area contributed by atoms with E-state index in [0.29, 0.717) is 6.54 Å². The van der Waals surface area contributed by atoms with E-state index in [9.17, 15) is 4.79 Å². The molecule has 0 saturated carbocycles. The molecule has 3 N–H and O–H groups in total. The summed E-state index contributed by atoms with van der Waals surface area (Å²) in [5.41, 5.74) is 7.07. The van der Waals surface area contributed by atoms with Gasteiger partial charge in [-0.15, -0.1) is 0 Å². The third-order valence-electron chi connectivity index (χ3n) is 4.03. The smallest absolute Gasteiger partial charge is 0.239 e. The summed E-state index contributed by atoms with van der Waals surface area (Å²) in [7, 11) is 1.83. The van der Waals surface area contributed by atoms with Gasteiger partial charge >= 0.3 is 0 Å². The van der Waals surface area contributed by atoms with Crippen molar-refractivity contribution in [1.82, 2.24) is 14.7 Å². The van der Waals surface area contributed by atoms with Crippen LogP contribution < -0.4 is 11.1 Å². The largest absolute Gasteiger partial charge is 0.327 e. The van der Waals surface area contributed by atoms with Gasteiger partial charge in [-0.3, -0.25) is 14.4 Å². The fourth-order valence-corrected chi connectivity index (χ4v) is 2.73. The minimum atomic E-state index is -0.000675. The fraction of sp³-hybridized carbons (Fsp3) is 0.714. The van der Waals surface area contributed by atoms with E-state index in [-0.39, 0.29) is 17.4 Å². The first-order valence-corrected chi connectivity index (χ1v) is 7.06. The first-order chi connectivity index (χ1) is 9.28. The van der Waals surface area contributed by atoms with E-state index in [0.717, 1.165) is 31.0 Å². The number of nitrogens with one attached hydrogen (secondary N) is 1. The predicted octanol–water partition coefficient (Wildman–Crippen LogP) is 0.726. The topological polar surface area (TPSA) is 76.2 Å². The van der Waals surface area contributed by atoms with Gasteiger partial charge in [-0.25, -0.2) is 0 Å². The molecule has 1 aromatic rings. The number of amides is 1. The van der Waals surface area contributed by atoms with Crippen LogP contribution >= 0.6 is 0 Å². The van der Waals surface area contributed by atoms with Gasteiger partial charge in [0, 0.05) is 32.2 Å². The molecule has 1 unspecified atom stereocenters. The Kier molecular flexibility index (Phi) is 4.15. The van der Waals surface area contributed by atoms with Crippen molar-refractivity contribution < 1.29 is 4.79 Å². The number of aromatic nitrogens is 2. The number of likely N-dealkylation sites (tertiary alicyclic amines) is 1. The van der Waals surface area contributed by atoms with E-state index in [4.69, 9.17) is 5.73 Å². The lowest BCUT2D eigenvalue weighted by atomic mass is 9.80. The monoisotopic (exact) mass is 279 g/mol. The van der Waals surface area contributed by atoms with Crippen LogP contribution in [0.25, 0.3) is 0 Å². The van der Waals surface area contributed by atoms with Crippen LogP contribution in [0, 0.1) is 12.3 Å². The van der Waals surface area contributed by atoms with Gasteiger partial charge in [0.15, 0.2) is 0 Å². The lowest BCUT2D eigenvalue weighted by Gasteiger charge is -2.42. The second kappa shape index (κ2) is 5.54. The summed E-state index contributed by atoms with van der Waals surface area (Å²) in [4.78, 5) is 14.3. The molecule has 1 saturated heterocycles. The maximum atomic E-state index is 12.1. The zero-order valence-electron chi connectivity index (χ0n) is 12.8. The summed E-state index contributed by atoms with van der Waals surface area (Å²) in [5, 5.41) is 7.12. The van der Waals surface area contributed by atoms with Crippen molar-refractivity contribution in [3.8, 4) is 0 Å². The number of hydrogen-bond acceptors (Lipinski definition) is 4. The number of nitrogens with two attached hydrogens (primary N) is 1. The molecular formula is C14H25N5O. The number of carbonyl (C=O) groups excluding carboxylic acids is 1. The molecule has 0 bridgehead atoms. The Morgan fingerprint density at radius 3 is 2.85 bits per heavy atom. The first-order valence-electron chi connectivity index (χ1n) is 7.06. The van der Waals surface area contributed by atoms with Gasteiger partial charge in [-0.1, -0.05) is 13.8 Å². The van der Waals surface area contributed by atoms with Crippen LogP contribution in [0.4, 0.5) is 5.82 Å². The van der Waals surface area contributed by atoms with Gasteiger partial charge in [0.1, 0.15) is 5.82 Å². The highest BCUT2D eigenvalue weighted by molar-refractivity contribution is 5.91. The molecule has 112 valence electrons. The summed E-state index contributed by atoms with van der Waals surface area (Å²) < 4.78 is 1.68. The first kappa shape index (κ1) is 15.0. The summed E-state index contributed by atoms with van der Waals surface area (Å²) in [6, 6.07) is 2.08. The molecule has 0 aromatic carbocycles. The molecule has 0 aliphatic carbocycles. The van der Waals surface area contributed by atoms with Crippen molar-refractivity contribution in [1.29, 1.82) is 0 Å². The molecule has 1 aromatic heterocycles. The molecule has 1 fully saturated rings. The second-order valence-electron chi connectivity index (χ2n) is 6.44. The molecule has 0 spiro atoms. The highest BCUT2D eigenvalue weighted by Crippen LogP contribution is 2.27. The van der Waals surface area contributed by atoms with Gasteiger partial charge in [-0.05, 0) is 18.8 Å². The molecule has 20 heavy (non-hydrogen) atoms. The highest BCUT2D eigenvalue weighted by Gasteiger charge is 2.33. The van der Waals surface area contributed by atoms with Crippen LogP contribution in [0.3, 0.4) is 0 Å². The van der Waals surface area contributed by atoms with E-state index < -0.39 is 0 Å². The molecular weight excluding hydrogens is 254 g/mol. The summed E-state index contributed by atoms with van der Waals surface area (Å²) >= 11 is 0. The molecule has 6 nitrogen and oxygen atoms in total. The van der Waals surface area contributed by atoms with E-state index in [2.05, 4.69) is 29.2 Å². The Balaban J connectivity index is 1.91. The van der Waals surface area contributed by atoms with Gasteiger partial charge in [-0.2, -0.15) is 5.10 Å². The molecule has 2 heterocycles. The minimum absolute atomic E-state index is 0.000675. The molecule has 1 atom stereocenters. The third kappa shape index (κ3) is 3.37. The van der Waals surface area contributed by atoms with E-state index >= 15 is 0 Å². The summed E-state index contributed by atoms with van der Waals surface area (Å²) in [6.07, 6.45) is 0.936. The molecule has 1 amide bonds. The quantitative estimate of drug-likeness (QED) is 0.855. The minimum Gasteiger partial charge on any atom is -0.327 e. The van der Waals surface area contributed by atoms with Gasteiger partial charge in [0.05, 0.1) is 12.2 Å². The van der Waals surface area contributed by atoms with Crippen LogP contribution in [0.15, 0.2) is 6.07 Å². The van der Waals surface area contributed by atoms with Gasteiger partial charge in [0.25, 0.3) is 0 Å². The van der Waals surface area contributed by atoms with Crippen LogP contribution in [-0.2, 0) is 11.8 Å². The maximum absolute atomic E-state index is 12.1. The van der Waals surface area contributed by atoms with E-state index in [1.807, 2.05) is 20.0 Å². The molecule has 2 rings (SSSR count). The van der Waals surface area contributed by atoms with E-state index in [1.165, 1.54) is 0 Å². The Labute approximate surface area is 120 Å². The van der Waals surface area contributed by atoms with Crippen LogP contribution in [0.1, 0.15) is 26.0 Å². The van der Waals surface area contributed by atoms with Crippen molar-refractivity contribution in [2.24, 2.45) is 18.2 Å². The Hall–Kier alpha value is -1.40. The number of nitrogens with zero attached hydrogens (tertiary/aromatic N) is 3. The van der Waals surface area contributed by atoms with Crippen LogP contribution in [-0.4, -0.2) is 46.3 Å². The summed E-state index contributed by atoms with van der Waals surface area (Å²) in [5.74, 6) is 0.736. The number of carbonyl (C=O) groups is 1. The van der Waals surface area contributed by atoms with Crippen LogP contribution in [0.2, 0.25) is 0 Å². The highest BCUT2D eigenvalue weighted by atomic mass is 16.2. The zero-order valence-corrected chi connectivity index (χ0v) is 12.8. The SMILES string of the molecule is Cc1cc(NC(=O)CN2CCC(N)C(C)(C)C2)n(C)n1. The van der Waals surface area contributed by atoms with Gasteiger partial charge in [0.2, 0.25) is 5.91 Å². The van der Waals surface area contributed by atoms with E-state index in [1.54, 1.807) is 4.68 Å². The Bertz CT molecular complexity index is 494. The standard InChI is InChI=1S/C14H25N5O/c1-10-7-12(18(4)17-10)16-13(20)8-19-6-5-11(15)14(2,3)9-19/h7,11H,5-6,8-9,15H2,1-4H3,(H,16,20). The molecule has 1 aliphatic rings. The average molecular weight is 279 g/mol. The van der Waals surface area contributed by atoms with Crippen LogP contribution in [0.5, 0.6) is 0 Å². The number of anilines is 1. The zero-order chi connectivity index (χ0) is 14.9. The fourth-order valence-electron chi connectivity index (χ4n) is 2.73. The van der Waals surface area contributed by atoms with Crippen molar-refractivity contribution in [3.05, 3.63) is 11.8 Å². The molecule has 6 heteroatoms. The number of hydrogen-bond donors (Lipinski definition) is 2. The molecule has 1 aliphatic heterocycles. The number of rotatable bonds is 3.